The van der Waals surface area contributed by atoms with Crippen LogP contribution >= 0.6 is 0 Å². The van der Waals surface area contributed by atoms with E-state index in [4.69, 9.17) is 10.7 Å². The molecule has 2 N–H and O–H groups in total. The molecule has 4 nitrogen and oxygen atoms in total. The predicted molar refractivity (Wildman–Crippen MR) is 78.3 cm³/mol. The molecule has 4 aliphatic carbocycles. The Hall–Kier alpha value is -0.900. The Morgan fingerprint density at radius 2 is 1.75 bits per heavy atom. The van der Waals surface area contributed by atoms with Crippen LogP contribution < -0.4 is 5.73 Å². The summed E-state index contributed by atoms with van der Waals surface area (Å²) in [4.78, 5) is 4.86. The molecule has 0 amide bonds. The quantitative estimate of drug-likeness (QED) is 0.917. The molecule has 0 radical (unpaired) electrons. The van der Waals surface area contributed by atoms with Gasteiger partial charge in [0.15, 0.2) is 0 Å². The third-order valence-electron chi connectivity index (χ3n) is 5.86. The summed E-state index contributed by atoms with van der Waals surface area (Å²) in [5, 5.41) is 4.66. The van der Waals surface area contributed by atoms with Gasteiger partial charge in [-0.05, 0) is 76.2 Å². The van der Waals surface area contributed by atoms with Crippen LogP contribution in [-0.2, 0) is 12.0 Å². The maximum absolute atomic E-state index is 5.68. The third kappa shape index (κ3) is 1.92. The molecule has 0 saturated heterocycles. The summed E-state index contributed by atoms with van der Waals surface area (Å²) in [6.07, 6.45) is 9.53. The second kappa shape index (κ2) is 4.55. The largest absolute Gasteiger partial charge is 0.330 e. The number of hydrogen-bond donors (Lipinski definition) is 1. The van der Waals surface area contributed by atoms with Crippen LogP contribution in [0.4, 0.5) is 0 Å². The van der Waals surface area contributed by atoms with E-state index >= 15 is 0 Å². The van der Waals surface area contributed by atoms with Gasteiger partial charge in [0.25, 0.3) is 0 Å². The Labute approximate surface area is 121 Å². The van der Waals surface area contributed by atoms with E-state index in [0.717, 1.165) is 43.1 Å². The Bertz CT molecular complexity index is 469. The van der Waals surface area contributed by atoms with Crippen molar-refractivity contribution in [1.82, 2.24) is 14.8 Å². The van der Waals surface area contributed by atoms with Crippen molar-refractivity contribution in [2.45, 2.75) is 63.8 Å². The van der Waals surface area contributed by atoms with E-state index in [2.05, 4.69) is 9.78 Å². The van der Waals surface area contributed by atoms with E-state index in [-0.39, 0.29) is 0 Å². The minimum atomic E-state index is 0.352. The van der Waals surface area contributed by atoms with Crippen molar-refractivity contribution in [1.29, 1.82) is 0 Å². The van der Waals surface area contributed by atoms with Gasteiger partial charge < -0.3 is 5.73 Å². The van der Waals surface area contributed by atoms with E-state index in [0.29, 0.717) is 5.41 Å². The van der Waals surface area contributed by atoms with Gasteiger partial charge in [0.2, 0.25) is 0 Å². The summed E-state index contributed by atoms with van der Waals surface area (Å²) in [6, 6.07) is 0. The summed E-state index contributed by atoms with van der Waals surface area (Å²) >= 11 is 0. The van der Waals surface area contributed by atoms with Crippen molar-refractivity contribution in [2.75, 3.05) is 6.54 Å². The Kier molecular flexibility index (Phi) is 2.92. The second-order valence-corrected chi connectivity index (χ2v) is 7.55. The fourth-order valence-corrected chi connectivity index (χ4v) is 5.63. The molecule has 1 aromatic rings. The molecule has 0 atom stereocenters. The molecule has 1 aromatic heterocycles. The molecule has 4 heteroatoms. The van der Waals surface area contributed by atoms with Crippen molar-refractivity contribution in [2.24, 2.45) is 23.5 Å². The SMILES string of the molecule is Cc1nc(C23CC4CC(CC(C4)C2)C3)n(CCCN)n1. The number of hydrogen-bond acceptors (Lipinski definition) is 3. The van der Waals surface area contributed by atoms with Crippen molar-refractivity contribution < 1.29 is 0 Å². The Morgan fingerprint density at radius 3 is 2.30 bits per heavy atom. The molecule has 0 aromatic carbocycles. The smallest absolute Gasteiger partial charge is 0.147 e. The fraction of sp³-hybridized carbons (Fsp3) is 0.875. The van der Waals surface area contributed by atoms with E-state index in [1.54, 1.807) is 0 Å². The van der Waals surface area contributed by atoms with Crippen molar-refractivity contribution in [3.8, 4) is 0 Å². The lowest BCUT2D eigenvalue weighted by Crippen LogP contribution is -2.49. The molecule has 1 heterocycles. The van der Waals surface area contributed by atoms with Crippen LogP contribution in [0.15, 0.2) is 0 Å². The van der Waals surface area contributed by atoms with Gasteiger partial charge in [-0.1, -0.05) is 0 Å². The zero-order valence-electron chi connectivity index (χ0n) is 12.5. The average Bonchev–Trinajstić information content (AvgIpc) is 2.77. The summed E-state index contributed by atoms with van der Waals surface area (Å²) in [7, 11) is 0. The highest BCUT2D eigenvalue weighted by molar-refractivity contribution is 5.18. The molecule has 0 spiro atoms. The number of rotatable bonds is 4. The lowest BCUT2D eigenvalue weighted by atomic mass is 9.49. The van der Waals surface area contributed by atoms with E-state index in [1.807, 2.05) is 6.92 Å². The van der Waals surface area contributed by atoms with Crippen molar-refractivity contribution in [3.05, 3.63) is 11.6 Å². The normalized spacial score (nSPS) is 38.6. The Morgan fingerprint density at radius 1 is 1.15 bits per heavy atom. The predicted octanol–water partition coefficient (Wildman–Crippen LogP) is 2.40. The van der Waals surface area contributed by atoms with Gasteiger partial charge in [-0.25, -0.2) is 9.67 Å². The lowest BCUT2D eigenvalue weighted by Gasteiger charge is -2.56. The summed E-state index contributed by atoms with van der Waals surface area (Å²) in [5.74, 6) is 5.11. The van der Waals surface area contributed by atoms with Gasteiger partial charge in [0.05, 0.1) is 0 Å². The summed E-state index contributed by atoms with van der Waals surface area (Å²) < 4.78 is 2.19. The molecule has 5 rings (SSSR count). The van der Waals surface area contributed by atoms with Crippen molar-refractivity contribution >= 4 is 0 Å². The van der Waals surface area contributed by atoms with Crippen LogP contribution in [0, 0.1) is 24.7 Å². The highest BCUT2D eigenvalue weighted by atomic mass is 15.4. The molecule has 4 saturated carbocycles. The van der Waals surface area contributed by atoms with Crippen LogP contribution in [0.2, 0.25) is 0 Å². The number of aromatic nitrogens is 3. The molecular formula is C16H26N4. The van der Waals surface area contributed by atoms with Crippen LogP contribution in [-0.4, -0.2) is 21.3 Å². The molecule has 4 bridgehead atoms. The fourth-order valence-electron chi connectivity index (χ4n) is 5.63. The van der Waals surface area contributed by atoms with Gasteiger partial charge in [-0.15, -0.1) is 0 Å². The van der Waals surface area contributed by atoms with E-state index in [9.17, 15) is 0 Å². The maximum atomic E-state index is 5.68. The van der Waals surface area contributed by atoms with Crippen LogP contribution in [0.5, 0.6) is 0 Å². The zero-order valence-corrected chi connectivity index (χ0v) is 12.5. The summed E-state index contributed by atoms with van der Waals surface area (Å²) in [6.45, 7) is 3.70. The Balaban J connectivity index is 1.69. The summed E-state index contributed by atoms with van der Waals surface area (Å²) in [5.41, 5.74) is 6.03. The molecule has 4 aliphatic rings. The maximum Gasteiger partial charge on any atom is 0.147 e. The van der Waals surface area contributed by atoms with Gasteiger partial charge in [-0.2, -0.15) is 5.10 Å². The average molecular weight is 274 g/mol. The van der Waals surface area contributed by atoms with Crippen LogP contribution in [0.3, 0.4) is 0 Å². The van der Waals surface area contributed by atoms with Crippen LogP contribution in [0.1, 0.15) is 56.6 Å². The third-order valence-corrected chi connectivity index (χ3v) is 5.86. The minimum absolute atomic E-state index is 0.352. The molecule has 0 aliphatic heterocycles. The zero-order chi connectivity index (χ0) is 13.7. The first-order valence-corrected chi connectivity index (χ1v) is 8.30. The number of aryl methyl sites for hydroxylation is 2. The highest BCUT2D eigenvalue weighted by Crippen LogP contribution is 2.60. The number of nitrogens with two attached hydrogens (primary N) is 1. The standard InChI is InChI=1S/C16H26N4/c1-11-18-15(20(19-11)4-2-3-17)16-8-12-5-13(9-16)7-14(6-12)10-16/h12-14H,2-10,17H2,1H3. The van der Waals surface area contributed by atoms with Crippen LogP contribution in [0.25, 0.3) is 0 Å². The monoisotopic (exact) mass is 274 g/mol. The molecule has 20 heavy (non-hydrogen) atoms. The molecule has 4 fully saturated rings. The van der Waals surface area contributed by atoms with Gasteiger partial charge in [-0.3, -0.25) is 0 Å². The van der Waals surface area contributed by atoms with E-state index < -0.39 is 0 Å². The molecular weight excluding hydrogens is 248 g/mol. The first kappa shape index (κ1) is 12.8. The second-order valence-electron chi connectivity index (χ2n) is 7.55. The molecule has 0 unspecified atom stereocenters. The topological polar surface area (TPSA) is 56.7 Å². The first-order valence-electron chi connectivity index (χ1n) is 8.30. The van der Waals surface area contributed by atoms with Crippen molar-refractivity contribution in [3.63, 3.8) is 0 Å². The highest BCUT2D eigenvalue weighted by Gasteiger charge is 2.53. The first-order chi connectivity index (χ1) is 9.68. The van der Waals surface area contributed by atoms with Gasteiger partial charge in [0.1, 0.15) is 11.6 Å². The molecule has 110 valence electrons. The van der Waals surface area contributed by atoms with Gasteiger partial charge >= 0.3 is 0 Å². The van der Waals surface area contributed by atoms with E-state index in [1.165, 1.54) is 44.3 Å². The minimum Gasteiger partial charge on any atom is -0.330 e. The lowest BCUT2D eigenvalue weighted by molar-refractivity contribution is -0.0115. The number of nitrogens with zero attached hydrogens (tertiary/aromatic N) is 3. The van der Waals surface area contributed by atoms with Gasteiger partial charge in [0, 0.05) is 12.0 Å².